The lowest BCUT2D eigenvalue weighted by atomic mass is 10.0. The lowest BCUT2D eigenvalue weighted by Gasteiger charge is -2.25. The van der Waals surface area contributed by atoms with Crippen LogP contribution >= 0.6 is 0 Å². The molecule has 8 heteroatoms. The molecule has 0 aliphatic carbocycles. The quantitative estimate of drug-likeness (QED) is 0.482. The van der Waals surface area contributed by atoms with E-state index in [9.17, 15) is 14.0 Å². The number of anilines is 1. The van der Waals surface area contributed by atoms with E-state index in [0.29, 0.717) is 37.6 Å². The van der Waals surface area contributed by atoms with Crippen LogP contribution in [0.2, 0.25) is 0 Å². The van der Waals surface area contributed by atoms with Gasteiger partial charge >= 0.3 is 0 Å². The van der Waals surface area contributed by atoms with Crippen molar-refractivity contribution in [2.75, 3.05) is 45.4 Å². The minimum atomic E-state index is -0.652. The maximum Gasteiger partial charge on any atom is 0.282 e. The maximum atomic E-state index is 14.6. The largest absolute Gasteiger partial charge is 0.491 e. The summed E-state index contributed by atoms with van der Waals surface area (Å²) in [6.07, 6.45) is -0.00422. The fourth-order valence-electron chi connectivity index (χ4n) is 3.63. The van der Waals surface area contributed by atoms with Gasteiger partial charge in [0.05, 0.1) is 30.6 Å². The summed E-state index contributed by atoms with van der Waals surface area (Å²) in [5.74, 6) is -1.18. The van der Waals surface area contributed by atoms with Crippen LogP contribution in [0.1, 0.15) is 19.4 Å². The van der Waals surface area contributed by atoms with Crippen molar-refractivity contribution >= 4 is 23.1 Å². The molecule has 2 aromatic carbocycles. The number of halogens is 1. The molecule has 0 fully saturated rings. The number of methoxy groups -OCH3 is 2. The number of carbonyl (C=O) groups is 2. The van der Waals surface area contributed by atoms with Crippen LogP contribution in [0.4, 0.5) is 10.1 Å². The molecule has 2 amide bonds. The third-order valence-corrected chi connectivity index (χ3v) is 5.11. The predicted molar refractivity (Wildman–Crippen MR) is 123 cm³/mol. The zero-order valence-corrected chi connectivity index (χ0v) is 19.3. The Morgan fingerprint density at radius 2 is 1.52 bits per heavy atom. The average Bonchev–Trinajstić information content (AvgIpc) is 3.04. The Bertz CT molecular complexity index is 1010. The van der Waals surface area contributed by atoms with Gasteiger partial charge in [-0.2, -0.15) is 0 Å². The minimum absolute atomic E-state index is 0.00422. The first kappa shape index (κ1) is 24.4. The van der Waals surface area contributed by atoms with Crippen LogP contribution in [0.5, 0.6) is 5.75 Å². The van der Waals surface area contributed by atoms with E-state index in [4.69, 9.17) is 14.2 Å². The van der Waals surface area contributed by atoms with E-state index in [2.05, 4.69) is 0 Å². The Morgan fingerprint density at radius 1 is 0.909 bits per heavy atom. The topological polar surface area (TPSA) is 68.3 Å². The predicted octanol–water partition coefficient (Wildman–Crippen LogP) is 3.49. The smallest absolute Gasteiger partial charge is 0.282 e. The molecule has 1 heterocycles. The molecule has 1 aliphatic heterocycles. The molecule has 7 nitrogen and oxygen atoms in total. The highest BCUT2D eigenvalue weighted by atomic mass is 19.1. The van der Waals surface area contributed by atoms with E-state index in [1.165, 1.54) is 18.2 Å². The third kappa shape index (κ3) is 5.40. The molecule has 0 saturated heterocycles. The van der Waals surface area contributed by atoms with Gasteiger partial charge in [-0.05, 0) is 43.7 Å². The summed E-state index contributed by atoms with van der Waals surface area (Å²) in [5.41, 5.74) is 0.845. The average molecular weight is 457 g/mol. The van der Waals surface area contributed by atoms with Gasteiger partial charge in [-0.3, -0.25) is 9.59 Å². The second-order valence-corrected chi connectivity index (χ2v) is 7.78. The number of hydrogen-bond acceptors (Lipinski definition) is 6. The van der Waals surface area contributed by atoms with E-state index in [1.807, 2.05) is 13.8 Å². The van der Waals surface area contributed by atoms with Crippen LogP contribution in [0.25, 0.3) is 5.57 Å². The molecule has 33 heavy (non-hydrogen) atoms. The highest BCUT2D eigenvalue weighted by molar-refractivity contribution is 6.45. The number of rotatable bonds is 11. The molecule has 0 unspecified atom stereocenters. The van der Waals surface area contributed by atoms with Gasteiger partial charge in [-0.15, -0.1) is 0 Å². The number of nitrogens with zero attached hydrogens (tertiary/aromatic N) is 2. The van der Waals surface area contributed by atoms with Crippen molar-refractivity contribution in [3.05, 3.63) is 65.6 Å². The second-order valence-electron chi connectivity index (χ2n) is 7.78. The summed E-state index contributed by atoms with van der Waals surface area (Å²) < 4.78 is 30.7. The van der Waals surface area contributed by atoms with Crippen LogP contribution in [-0.4, -0.2) is 63.3 Å². The summed E-state index contributed by atoms with van der Waals surface area (Å²) >= 11 is 0. The van der Waals surface area contributed by atoms with Crippen molar-refractivity contribution in [1.29, 1.82) is 0 Å². The van der Waals surface area contributed by atoms with Crippen molar-refractivity contribution in [1.82, 2.24) is 4.90 Å². The molecule has 1 aliphatic rings. The zero-order valence-electron chi connectivity index (χ0n) is 19.3. The summed E-state index contributed by atoms with van der Waals surface area (Å²) in [7, 11) is 3.12. The number of hydrogen-bond donors (Lipinski definition) is 0. The number of amides is 2. The Kier molecular flexibility index (Phi) is 8.19. The molecule has 0 saturated carbocycles. The Hall–Kier alpha value is -3.23. The van der Waals surface area contributed by atoms with E-state index in [1.54, 1.807) is 49.5 Å². The lowest BCUT2D eigenvalue weighted by Crippen LogP contribution is -2.38. The number of imide groups is 1. The van der Waals surface area contributed by atoms with E-state index >= 15 is 0 Å². The first-order chi connectivity index (χ1) is 15.9. The van der Waals surface area contributed by atoms with Gasteiger partial charge in [0, 0.05) is 27.3 Å². The Morgan fingerprint density at radius 3 is 2.06 bits per heavy atom. The first-order valence-corrected chi connectivity index (χ1v) is 10.8. The molecular formula is C25H29FN2O5. The fraction of sp³-hybridized carbons (Fsp3) is 0.360. The van der Waals surface area contributed by atoms with Crippen LogP contribution < -0.4 is 9.64 Å². The van der Waals surface area contributed by atoms with Crippen LogP contribution in [0.3, 0.4) is 0 Å². The van der Waals surface area contributed by atoms with Crippen molar-refractivity contribution in [2.45, 2.75) is 20.0 Å². The molecule has 2 aromatic rings. The van der Waals surface area contributed by atoms with Gasteiger partial charge in [0.25, 0.3) is 11.8 Å². The number of carbonyl (C=O) groups excluding carboxylic acids is 2. The Labute approximate surface area is 193 Å². The summed E-state index contributed by atoms with van der Waals surface area (Å²) in [5, 5.41) is 0. The molecule has 0 atom stereocenters. The van der Waals surface area contributed by atoms with E-state index in [0.717, 1.165) is 4.90 Å². The van der Waals surface area contributed by atoms with Crippen molar-refractivity contribution < 1.29 is 28.2 Å². The molecule has 0 radical (unpaired) electrons. The molecule has 3 rings (SSSR count). The number of benzene rings is 2. The first-order valence-electron chi connectivity index (χ1n) is 10.8. The van der Waals surface area contributed by atoms with Gasteiger partial charge in [0.1, 0.15) is 17.3 Å². The lowest BCUT2D eigenvalue weighted by molar-refractivity contribution is -0.120. The molecule has 0 aromatic heterocycles. The number of ether oxygens (including phenoxy) is 3. The monoisotopic (exact) mass is 456 g/mol. The van der Waals surface area contributed by atoms with E-state index < -0.39 is 17.6 Å². The van der Waals surface area contributed by atoms with Gasteiger partial charge in [-0.25, -0.2) is 9.29 Å². The fourth-order valence-corrected chi connectivity index (χ4v) is 3.63. The SMILES string of the molecule is COCCN(CCOC)C1=C(c2ccc(OC(C)C)cc2)C(=O)N(c2ccccc2F)C1=O. The molecule has 176 valence electrons. The van der Waals surface area contributed by atoms with Crippen LogP contribution in [0, 0.1) is 5.82 Å². The highest BCUT2D eigenvalue weighted by Crippen LogP contribution is 2.36. The van der Waals surface area contributed by atoms with Crippen molar-refractivity contribution in [2.24, 2.45) is 0 Å². The number of para-hydroxylation sites is 1. The van der Waals surface area contributed by atoms with Crippen LogP contribution in [0.15, 0.2) is 54.2 Å². The van der Waals surface area contributed by atoms with Gasteiger partial charge in [-0.1, -0.05) is 24.3 Å². The van der Waals surface area contributed by atoms with Crippen molar-refractivity contribution in [3.8, 4) is 5.75 Å². The maximum absolute atomic E-state index is 14.6. The van der Waals surface area contributed by atoms with Gasteiger partial charge in [0.15, 0.2) is 0 Å². The summed E-state index contributed by atoms with van der Waals surface area (Å²) in [6.45, 7) is 5.23. The van der Waals surface area contributed by atoms with E-state index in [-0.39, 0.29) is 23.1 Å². The molecule has 0 bridgehead atoms. The van der Waals surface area contributed by atoms with Crippen LogP contribution in [-0.2, 0) is 19.1 Å². The van der Waals surface area contributed by atoms with Crippen molar-refractivity contribution in [3.63, 3.8) is 0 Å². The molecule has 0 spiro atoms. The third-order valence-electron chi connectivity index (χ3n) is 5.11. The standard InChI is InChI=1S/C25H29FN2O5/c1-17(2)33-19-11-9-18(10-12-19)22-23(27(13-15-31-3)14-16-32-4)25(30)28(24(22)29)21-8-6-5-7-20(21)26/h5-12,17H,13-16H2,1-4H3. The summed E-state index contributed by atoms with van der Waals surface area (Å²) in [6, 6.07) is 12.7. The Balaban J connectivity index is 2.11. The molecule has 0 N–H and O–H groups in total. The molecular weight excluding hydrogens is 427 g/mol. The van der Waals surface area contributed by atoms with Gasteiger partial charge in [0.2, 0.25) is 0 Å². The zero-order chi connectivity index (χ0) is 24.0. The summed E-state index contributed by atoms with van der Waals surface area (Å²) in [4.78, 5) is 29.8. The second kappa shape index (κ2) is 11.1. The highest BCUT2D eigenvalue weighted by Gasteiger charge is 2.43. The normalized spacial score (nSPS) is 13.9. The van der Waals surface area contributed by atoms with Gasteiger partial charge < -0.3 is 19.1 Å². The minimum Gasteiger partial charge on any atom is -0.491 e.